The smallest absolute Gasteiger partial charge is 0.326 e. The van der Waals surface area contributed by atoms with E-state index in [-0.39, 0.29) is 5.92 Å². The maximum Gasteiger partial charge on any atom is 0.326 e. The fraction of sp³-hybridized carbons (Fsp3) is 0.600. The zero-order valence-corrected chi connectivity index (χ0v) is 10.7. The number of aryl methyl sites for hydroxylation is 1. The van der Waals surface area contributed by atoms with E-state index in [2.05, 4.69) is 14.9 Å². The number of hydrogen-bond donors (Lipinski definition) is 2. The van der Waals surface area contributed by atoms with Gasteiger partial charge in [0.25, 0.3) is 5.91 Å². The SMILES string of the molecule is Cc1nnsc1C(=O)NC(CC(C)C)C(=O)O. The van der Waals surface area contributed by atoms with Crippen molar-refractivity contribution < 1.29 is 14.7 Å². The molecule has 1 heterocycles. The van der Waals surface area contributed by atoms with Gasteiger partial charge >= 0.3 is 5.97 Å². The Balaban J connectivity index is 2.71. The highest BCUT2D eigenvalue weighted by molar-refractivity contribution is 7.08. The average molecular weight is 257 g/mol. The van der Waals surface area contributed by atoms with Crippen LogP contribution in [-0.4, -0.2) is 32.6 Å². The molecule has 0 aromatic carbocycles. The molecule has 1 rings (SSSR count). The fourth-order valence-corrected chi connectivity index (χ4v) is 1.92. The molecule has 0 aliphatic carbocycles. The molecule has 0 saturated carbocycles. The number of carboxylic acids is 1. The van der Waals surface area contributed by atoms with Gasteiger partial charge in [-0.3, -0.25) is 4.79 Å². The van der Waals surface area contributed by atoms with E-state index in [1.54, 1.807) is 6.92 Å². The predicted octanol–water partition coefficient (Wildman–Crippen LogP) is 1.08. The van der Waals surface area contributed by atoms with Crippen molar-refractivity contribution in [2.45, 2.75) is 33.2 Å². The summed E-state index contributed by atoms with van der Waals surface area (Å²) in [6.07, 6.45) is 0.395. The first-order chi connectivity index (χ1) is 7.91. The molecule has 1 aromatic heterocycles. The Morgan fingerprint density at radius 1 is 1.47 bits per heavy atom. The normalized spacial score (nSPS) is 12.5. The minimum Gasteiger partial charge on any atom is -0.480 e. The molecule has 7 heteroatoms. The van der Waals surface area contributed by atoms with Crippen molar-refractivity contribution in [3.05, 3.63) is 10.6 Å². The molecule has 2 N–H and O–H groups in total. The van der Waals surface area contributed by atoms with E-state index in [4.69, 9.17) is 5.11 Å². The summed E-state index contributed by atoms with van der Waals surface area (Å²) < 4.78 is 3.64. The maximum atomic E-state index is 11.8. The second-order valence-electron chi connectivity index (χ2n) is 4.18. The largest absolute Gasteiger partial charge is 0.480 e. The number of rotatable bonds is 5. The van der Waals surface area contributed by atoms with Crippen molar-refractivity contribution in [1.82, 2.24) is 14.9 Å². The second-order valence-corrected chi connectivity index (χ2v) is 4.94. The van der Waals surface area contributed by atoms with E-state index >= 15 is 0 Å². The fourth-order valence-electron chi connectivity index (χ4n) is 1.36. The Kier molecular flexibility index (Phi) is 4.56. The second kappa shape index (κ2) is 5.72. The Morgan fingerprint density at radius 3 is 2.53 bits per heavy atom. The summed E-state index contributed by atoms with van der Waals surface area (Å²) >= 11 is 0.964. The molecule has 0 aliphatic heterocycles. The van der Waals surface area contributed by atoms with Gasteiger partial charge in [-0.2, -0.15) is 0 Å². The topological polar surface area (TPSA) is 92.2 Å². The lowest BCUT2D eigenvalue weighted by Crippen LogP contribution is -2.41. The third-order valence-corrected chi connectivity index (χ3v) is 2.99. The highest BCUT2D eigenvalue weighted by atomic mass is 32.1. The van der Waals surface area contributed by atoms with Crippen LogP contribution in [-0.2, 0) is 4.79 Å². The summed E-state index contributed by atoms with van der Waals surface area (Å²) in [7, 11) is 0. The van der Waals surface area contributed by atoms with E-state index in [9.17, 15) is 9.59 Å². The molecule has 1 aromatic rings. The third-order valence-electron chi connectivity index (χ3n) is 2.17. The molecule has 0 bridgehead atoms. The predicted molar refractivity (Wildman–Crippen MR) is 63.0 cm³/mol. The highest BCUT2D eigenvalue weighted by Crippen LogP contribution is 2.11. The first-order valence-electron chi connectivity index (χ1n) is 5.24. The summed E-state index contributed by atoms with van der Waals surface area (Å²) in [6, 6.07) is -0.871. The lowest BCUT2D eigenvalue weighted by atomic mass is 10.0. The van der Waals surface area contributed by atoms with Crippen molar-refractivity contribution in [2.24, 2.45) is 5.92 Å². The van der Waals surface area contributed by atoms with E-state index in [1.807, 2.05) is 13.8 Å². The zero-order chi connectivity index (χ0) is 13.0. The Bertz CT molecular complexity index is 417. The third kappa shape index (κ3) is 3.77. The van der Waals surface area contributed by atoms with Crippen molar-refractivity contribution in [1.29, 1.82) is 0 Å². The number of carbonyl (C=O) groups excluding carboxylic acids is 1. The molecular weight excluding hydrogens is 242 g/mol. The number of carboxylic acid groups (broad SMARTS) is 1. The summed E-state index contributed by atoms with van der Waals surface area (Å²) in [6.45, 7) is 5.47. The minimum atomic E-state index is -1.03. The quantitative estimate of drug-likeness (QED) is 0.823. The van der Waals surface area contributed by atoms with Gasteiger partial charge in [-0.05, 0) is 30.8 Å². The summed E-state index contributed by atoms with van der Waals surface area (Å²) in [5.41, 5.74) is 0.515. The van der Waals surface area contributed by atoms with Crippen LogP contribution in [0, 0.1) is 12.8 Å². The van der Waals surface area contributed by atoms with E-state index < -0.39 is 17.9 Å². The van der Waals surface area contributed by atoms with Crippen molar-refractivity contribution >= 4 is 23.4 Å². The first kappa shape index (κ1) is 13.6. The molecule has 6 nitrogen and oxygen atoms in total. The maximum absolute atomic E-state index is 11.8. The number of hydrogen-bond acceptors (Lipinski definition) is 5. The average Bonchev–Trinajstić information content (AvgIpc) is 2.62. The monoisotopic (exact) mass is 257 g/mol. The van der Waals surface area contributed by atoms with Crippen molar-refractivity contribution in [2.75, 3.05) is 0 Å². The minimum absolute atomic E-state index is 0.192. The standard InChI is InChI=1S/C10H15N3O3S/c1-5(2)4-7(10(15)16)11-9(14)8-6(3)12-13-17-8/h5,7H,4H2,1-3H3,(H,11,14)(H,15,16). The molecule has 0 spiro atoms. The van der Waals surface area contributed by atoms with Gasteiger partial charge in [0.2, 0.25) is 0 Å². The summed E-state index contributed by atoms with van der Waals surface area (Å²) in [5, 5.41) is 15.2. The van der Waals surface area contributed by atoms with Crippen LogP contribution in [0.4, 0.5) is 0 Å². The molecular formula is C10H15N3O3S. The Morgan fingerprint density at radius 2 is 2.12 bits per heavy atom. The van der Waals surface area contributed by atoms with Gasteiger partial charge in [-0.1, -0.05) is 18.3 Å². The van der Waals surface area contributed by atoms with Crippen LogP contribution in [0.15, 0.2) is 0 Å². The Labute approximate surface area is 103 Å². The van der Waals surface area contributed by atoms with Gasteiger partial charge in [0.1, 0.15) is 10.9 Å². The number of aromatic nitrogens is 2. The van der Waals surface area contributed by atoms with Gasteiger partial charge in [-0.25, -0.2) is 4.79 Å². The van der Waals surface area contributed by atoms with Crippen LogP contribution in [0.2, 0.25) is 0 Å². The van der Waals surface area contributed by atoms with E-state index in [1.165, 1.54) is 0 Å². The number of aliphatic carboxylic acids is 1. The van der Waals surface area contributed by atoms with Gasteiger partial charge in [0, 0.05) is 0 Å². The first-order valence-corrected chi connectivity index (χ1v) is 6.01. The molecule has 17 heavy (non-hydrogen) atoms. The van der Waals surface area contributed by atoms with Crippen LogP contribution < -0.4 is 5.32 Å². The number of amides is 1. The van der Waals surface area contributed by atoms with Gasteiger partial charge in [0.15, 0.2) is 0 Å². The molecule has 0 saturated heterocycles. The van der Waals surface area contributed by atoms with Crippen LogP contribution in [0.3, 0.4) is 0 Å². The molecule has 1 atom stereocenters. The van der Waals surface area contributed by atoms with E-state index in [0.717, 1.165) is 11.5 Å². The summed E-state index contributed by atoms with van der Waals surface area (Å²) in [4.78, 5) is 23.1. The lowest BCUT2D eigenvalue weighted by molar-refractivity contribution is -0.139. The van der Waals surface area contributed by atoms with Crippen LogP contribution in [0.25, 0.3) is 0 Å². The molecule has 0 aliphatic rings. The van der Waals surface area contributed by atoms with E-state index in [0.29, 0.717) is 17.0 Å². The molecule has 0 fully saturated rings. The van der Waals surface area contributed by atoms with Gasteiger partial charge in [0.05, 0.1) is 5.69 Å². The van der Waals surface area contributed by atoms with Crippen LogP contribution in [0.5, 0.6) is 0 Å². The van der Waals surface area contributed by atoms with Crippen molar-refractivity contribution in [3.63, 3.8) is 0 Å². The number of carbonyl (C=O) groups is 2. The van der Waals surface area contributed by atoms with Gasteiger partial charge in [-0.15, -0.1) is 5.10 Å². The van der Waals surface area contributed by atoms with Gasteiger partial charge < -0.3 is 10.4 Å². The zero-order valence-electron chi connectivity index (χ0n) is 9.93. The molecule has 0 radical (unpaired) electrons. The lowest BCUT2D eigenvalue weighted by Gasteiger charge is -2.15. The van der Waals surface area contributed by atoms with Crippen LogP contribution in [0.1, 0.15) is 35.6 Å². The molecule has 1 unspecified atom stereocenters. The van der Waals surface area contributed by atoms with Crippen molar-refractivity contribution in [3.8, 4) is 0 Å². The molecule has 1 amide bonds. The molecule has 94 valence electrons. The van der Waals surface area contributed by atoms with Crippen LogP contribution >= 0.6 is 11.5 Å². The Hall–Kier alpha value is -1.50. The number of nitrogens with one attached hydrogen (secondary N) is 1. The highest BCUT2D eigenvalue weighted by Gasteiger charge is 2.23. The summed E-state index contributed by atoms with van der Waals surface area (Å²) in [5.74, 6) is -1.26. The number of nitrogens with zero attached hydrogens (tertiary/aromatic N) is 2.